The minimum absolute atomic E-state index is 0.427. The summed E-state index contributed by atoms with van der Waals surface area (Å²) in [7, 11) is 1.69. The molecule has 0 spiro atoms. The fraction of sp³-hybridized carbons (Fsp3) is 0.188. The van der Waals surface area contributed by atoms with Crippen LogP contribution in [-0.4, -0.2) is 12.1 Å². The second kappa shape index (κ2) is 6.50. The lowest BCUT2D eigenvalue weighted by molar-refractivity contribution is 0.185. The predicted octanol–water partition coefficient (Wildman–Crippen LogP) is 3.52. The van der Waals surface area contributed by atoms with Gasteiger partial charge in [0.1, 0.15) is 4.99 Å². The van der Waals surface area contributed by atoms with Crippen LogP contribution in [0.15, 0.2) is 42.5 Å². The van der Waals surface area contributed by atoms with E-state index in [1.54, 1.807) is 7.11 Å². The highest BCUT2D eigenvalue weighted by atomic mass is 32.1. The highest BCUT2D eigenvalue weighted by Gasteiger charge is 2.03. The summed E-state index contributed by atoms with van der Waals surface area (Å²) in [5.41, 5.74) is 10.8. The van der Waals surface area contributed by atoms with E-state index in [1.165, 1.54) is 0 Å². The summed E-state index contributed by atoms with van der Waals surface area (Å²) in [5, 5.41) is 3.37. The molecule has 0 heterocycles. The maximum absolute atomic E-state index is 5.67. The van der Waals surface area contributed by atoms with Gasteiger partial charge in [-0.1, -0.05) is 24.4 Å². The quantitative estimate of drug-likeness (QED) is 0.826. The summed E-state index contributed by atoms with van der Waals surface area (Å²) in [4.78, 5) is 0.427. The van der Waals surface area contributed by atoms with Crippen molar-refractivity contribution in [2.45, 2.75) is 13.5 Å². The summed E-state index contributed by atoms with van der Waals surface area (Å²) in [6.45, 7) is 2.61. The van der Waals surface area contributed by atoms with Crippen LogP contribution in [0.5, 0.6) is 0 Å². The Labute approximate surface area is 124 Å². The van der Waals surface area contributed by atoms with Crippen molar-refractivity contribution < 1.29 is 4.74 Å². The molecule has 0 aromatic heterocycles. The minimum atomic E-state index is 0.427. The first-order chi connectivity index (χ1) is 9.60. The van der Waals surface area contributed by atoms with Crippen molar-refractivity contribution in [3.8, 4) is 0 Å². The van der Waals surface area contributed by atoms with E-state index in [1.807, 2.05) is 43.3 Å². The second-order valence-electron chi connectivity index (χ2n) is 4.65. The molecule has 104 valence electrons. The molecule has 0 atom stereocenters. The molecule has 0 saturated carbocycles. The van der Waals surface area contributed by atoms with Gasteiger partial charge in [-0.2, -0.15) is 0 Å². The molecule has 0 bridgehead atoms. The van der Waals surface area contributed by atoms with Crippen LogP contribution in [0, 0.1) is 6.92 Å². The smallest absolute Gasteiger partial charge is 0.104 e. The van der Waals surface area contributed by atoms with Gasteiger partial charge in [0, 0.05) is 24.0 Å². The van der Waals surface area contributed by atoms with E-state index in [0.717, 1.165) is 28.1 Å². The number of aryl methyl sites for hydroxylation is 1. The van der Waals surface area contributed by atoms with Crippen molar-refractivity contribution in [3.63, 3.8) is 0 Å². The number of ether oxygens (including phenoxy) is 1. The maximum atomic E-state index is 5.67. The molecule has 0 radical (unpaired) electrons. The normalized spacial score (nSPS) is 10.3. The minimum Gasteiger partial charge on any atom is -0.389 e. The number of nitrogens with one attached hydrogen (secondary N) is 1. The van der Waals surface area contributed by atoms with Crippen molar-refractivity contribution in [2.24, 2.45) is 5.73 Å². The predicted molar refractivity (Wildman–Crippen MR) is 87.5 cm³/mol. The zero-order valence-corrected chi connectivity index (χ0v) is 12.5. The molecule has 0 amide bonds. The SMILES string of the molecule is COCc1cccc(Nc2ccc(C(N)=S)c(C)c2)c1. The molecule has 0 unspecified atom stereocenters. The Bertz CT molecular complexity index is 626. The van der Waals surface area contributed by atoms with Gasteiger partial charge in [0.2, 0.25) is 0 Å². The lowest BCUT2D eigenvalue weighted by atomic mass is 10.1. The molecule has 3 nitrogen and oxygen atoms in total. The van der Waals surface area contributed by atoms with Crippen molar-refractivity contribution in [3.05, 3.63) is 59.2 Å². The van der Waals surface area contributed by atoms with Crippen molar-refractivity contribution in [1.82, 2.24) is 0 Å². The molecule has 0 fully saturated rings. The topological polar surface area (TPSA) is 47.3 Å². The molecule has 2 aromatic carbocycles. The third-order valence-corrected chi connectivity index (χ3v) is 3.24. The Morgan fingerprint density at radius 3 is 2.60 bits per heavy atom. The van der Waals surface area contributed by atoms with Crippen LogP contribution in [0.2, 0.25) is 0 Å². The largest absolute Gasteiger partial charge is 0.389 e. The third-order valence-electron chi connectivity index (χ3n) is 3.02. The van der Waals surface area contributed by atoms with Gasteiger partial charge < -0.3 is 15.8 Å². The summed E-state index contributed by atoms with van der Waals surface area (Å²) in [6.07, 6.45) is 0. The van der Waals surface area contributed by atoms with E-state index in [0.29, 0.717) is 11.6 Å². The molecule has 0 aliphatic carbocycles. The average Bonchev–Trinajstić information content (AvgIpc) is 2.39. The zero-order chi connectivity index (χ0) is 14.5. The van der Waals surface area contributed by atoms with Crippen LogP contribution in [-0.2, 0) is 11.3 Å². The number of hydrogen-bond acceptors (Lipinski definition) is 3. The van der Waals surface area contributed by atoms with E-state index in [9.17, 15) is 0 Å². The number of benzene rings is 2. The molecule has 20 heavy (non-hydrogen) atoms. The average molecular weight is 286 g/mol. The van der Waals surface area contributed by atoms with Crippen LogP contribution in [0.3, 0.4) is 0 Å². The van der Waals surface area contributed by atoms with E-state index in [4.69, 9.17) is 22.7 Å². The molecular weight excluding hydrogens is 268 g/mol. The number of thiocarbonyl (C=S) groups is 1. The van der Waals surface area contributed by atoms with Gasteiger partial charge >= 0.3 is 0 Å². The summed E-state index contributed by atoms with van der Waals surface area (Å²) in [5.74, 6) is 0. The van der Waals surface area contributed by atoms with E-state index in [2.05, 4.69) is 11.4 Å². The Morgan fingerprint density at radius 1 is 1.20 bits per heavy atom. The lowest BCUT2D eigenvalue weighted by Crippen LogP contribution is -2.11. The number of nitrogens with two attached hydrogens (primary N) is 1. The van der Waals surface area contributed by atoms with Crippen LogP contribution in [0.25, 0.3) is 0 Å². The third kappa shape index (κ3) is 3.56. The van der Waals surface area contributed by atoms with Crippen molar-refractivity contribution in [1.29, 1.82) is 0 Å². The van der Waals surface area contributed by atoms with Gasteiger partial charge in [0.25, 0.3) is 0 Å². The van der Waals surface area contributed by atoms with Crippen molar-refractivity contribution >= 4 is 28.6 Å². The van der Waals surface area contributed by atoms with Gasteiger partial charge in [0.15, 0.2) is 0 Å². The number of hydrogen-bond donors (Lipinski definition) is 2. The summed E-state index contributed by atoms with van der Waals surface area (Å²) >= 11 is 5.01. The van der Waals surface area contributed by atoms with Crippen LogP contribution in [0.4, 0.5) is 11.4 Å². The van der Waals surface area contributed by atoms with Gasteiger partial charge in [0.05, 0.1) is 6.61 Å². The molecule has 4 heteroatoms. The molecule has 2 aromatic rings. The first kappa shape index (κ1) is 14.5. The Hall–Kier alpha value is -1.91. The number of anilines is 2. The first-order valence-electron chi connectivity index (χ1n) is 6.35. The van der Waals surface area contributed by atoms with Gasteiger partial charge in [-0.15, -0.1) is 0 Å². The van der Waals surface area contributed by atoms with Crippen LogP contribution < -0.4 is 11.1 Å². The molecule has 0 aliphatic rings. The highest BCUT2D eigenvalue weighted by Crippen LogP contribution is 2.21. The first-order valence-corrected chi connectivity index (χ1v) is 6.76. The molecule has 3 N–H and O–H groups in total. The molecule has 0 saturated heterocycles. The maximum Gasteiger partial charge on any atom is 0.104 e. The molecule has 2 rings (SSSR count). The van der Waals surface area contributed by atoms with Crippen LogP contribution >= 0.6 is 12.2 Å². The lowest BCUT2D eigenvalue weighted by Gasteiger charge is -2.11. The number of methoxy groups -OCH3 is 1. The summed E-state index contributed by atoms with van der Waals surface area (Å²) < 4.78 is 5.14. The Morgan fingerprint density at radius 2 is 1.95 bits per heavy atom. The van der Waals surface area contributed by atoms with Gasteiger partial charge in [-0.25, -0.2) is 0 Å². The highest BCUT2D eigenvalue weighted by molar-refractivity contribution is 7.80. The van der Waals surface area contributed by atoms with E-state index >= 15 is 0 Å². The monoisotopic (exact) mass is 286 g/mol. The Kier molecular flexibility index (Phi) is 4.71. The summed E-state index contributed by atoms with van der Waals surface area (Å²) in [6, 6.07) is 14.1. The molecule has 0 aliphatic heterocycles. The number of rotatable bonds is 5. The molecular formula is C16H18N2OS. The Balaban J connectivity index is 2.19. The second-order valence-corrected chi connectivity index (χ2v) is 5.09. The fourth-order valence-corrected chi connectivity index (χ4v) is 2.32. The zero-order valence-electron chi connectivity index (χ0n) is 11.6. The van der Waals surface area contributed by atoms with Gasteiger partial charge in [-0.3, -0.25) is 0 Å². The van der Waals surface area contributed by atoms with Gasteiger partial charge in [-0.05, 0) is 48.4 Å². The van der Waals surface area contributed by atoms with Crippen molar-refractivity contribution in [2.75, 3.05) is 12.4 Å². The fourth-order valence-electron chi connectivity index (χ4n) is 2.09. The standard InChI is InChI=1S/C16H18N2OS/c1-11-8-14(6-7-15(11)16(17)20)18-13-5-3-4-12(9-13)10-19-2/h3-9,18H,10H2,1-2H3,(H2,17,20). The van der Waals surface area contributed by atoms with E-state index in [-0.39, 0.29) is 0 Å². The van der Waals surface area contributed by atoms with E-state index < -0.39 is 0 Å². The van der Waals surface area contributed by atoms with Crippen LogP contribution in [0.1, 0.15) is 16.7 Å².